The first-order chi connectivity index (χ1) is 14.3. The number of para-hydroxylation sites is 1. The summed E-state index contributed by atoms with van der Waals surface area (Å²) in [5, 5.41) is 1.78. The molecule has 1 heterocycles. The van der Waals surface area contributed by atoms with Gasteiger partial charge in [-0.2, -0.15) is 0 Å². The molecule has 3 rings (SSSR count). The van der Waals surface area contributed by atoms with Crippen molar-refractivity contribution in [1.29, 1.82) is 0 Å². The maximum absolute atomic E-state index is 13.7. The number of nitrogens with one attached hydrogen (secondary N) is 1. The standard InChI is InChI=1S/C21H19FN2O5S/c1-12-8-16(28-2)17(29-3)9-13(12)10-18-20(26)24(21(27)30-18)11-19(25)23-15-7-5-4-6-14(15)22/h4-10H,11H2,1-3H3,(H,23,25)/b18-10-. The zero-order valence-electron chi connectivity index (χ0n) is 16.5. The number of carbonyl (C=O) groups is 3. The van der Waals surface area contributed by atoms with Gasteiger partial charge in [-0.05, 0) is 60.2 Å². The highest BCUT2D eigenvalue weighted by Crippen LogP contribution is 2.35. The van der Waals surface area contributed by atoms with Crippen LogP contribution in [0.4, 0.5) is 14.9 Å². The van der Waals surface area contributed by atoms with Crippen LogP contribution in [0.1, 0.15) is 11.1 Å². The van der Waals surface area contributed by atoms with E-state index in [1.54, 1.807) is 24.3 Å². The Bertz CT molecular complexity index is 1050. The molecule has 1 aliphatic rings. The molecule has 0 aliphatic carbocycles. The fourth-order valence-corrected chi connectivity index (χ4v) is 3.65. The number of hydrogen-bond donors (Lipinski definition) is 1. The molecule has 7 nitrogen and oxygen atoms in total. The molecule has 156 valence electrons. The van der Waals surface area contributed by atoms with E-state index in [-0.39, 0.29) is 10.6 Å². The van der Waals surface area contributed by atoms with Crippen LogP contribution in [-0.2, 0) is 9.59 Å². The van der Waals surface area contributed by atoms with Crippen molar-refractivity contribution in [2.45, 2.75) is 6.92 Å². The SMILES string of the molecule is COc1cc(C)c(/C=C2\SC(=O)N(CC(=O)Nc3ccccc3F)C2=O)cc1OC. The first-order valence-corrected chi connectivity index (χ1v) is 9.68. The predicted octanol–water partition coefficient (Wildman–Crippen LogP) is 3.83. The van der Waals surface area contributed by atoms with Crippen LogP contribution in [0.3, 0.4) is 0 Å². The van der Waals surface area contributed by atoms with Gasteiger partial charge in [-0.15, -0.1) is 0 Å². The molecule has 1 aliphatic heterocycles. The third kappa shape index (κ3) is 4.46. The van der Waals surface area contributed by atoms with Crippen LogP contribution in [0.5, 0.6) is 11.5 Å². The Morgan fingerprint density at radius 2 is 1.83 bits per heavy atom. The van der Waals surface area contributed by atoms with Gasteiger partial charge in [0.15, 0.2) is 11.5 Å². The highest BCUT2D eigenvalue weighted by atomic mass is 32.2. The minimum absolute atomic E-state index is 0.0223. The van der Waals surface area contributed by atoms with Crippen LogP contribution >= 0.6 is 11.8 Å². The van der Waals surface area contributed by atoms with Gasteiger partial charge < -0.3 is 14.8 Å². The molecule has 0 radical (unpaired) electrons. The third-order valence-electron chi connectivity index (χ3n) is 4.38. The first kappa shape index (κ1) is 21.4. The molecule has 30 heavy (non-hydrogen) atoms. The van der Waals surface area contributed by atoms with Crippen molar-refractivity contribution < 1.29 is 28.2 Å². The van der Waals surface area contributed by atoms with Gasteiger partial charge in [0, 0.05) is 0 Å². The first-order valence-electron chi connectivity index (χ1n) is 8.86. The highest BCUT2D eigenvalue weighted by Gasteiger charge is 2.36. The zero-order chi connectivity index (χ0) is 21.8. The minimum Gasteiger partial charge on any atom is -0.493 e. The van der Waals surface area contributed by atoms with Crippen LogP contribution in [-0.4, -0.2) is 42.7 Å². The van der Waals surface area contributed by atoms with Gasteiger partial charge in [0.25, 0.3) is 11.1 Å². The second kappa shape index (κ2) is 9.00. The molecule has 0 saturated carbocycles. The van der Waals surface area contributed by atoms with Gasteiger partial charge in [0.2, 0.25) is 5.91 Å². The van der Waals surface area contributed by atoms with Gasteiger partial charge in [-0.25, -0.2) is 4.39 Å². The number of methoxy groups -OCH3 is 2. The Kier molecular flexibility index (Phi) is 6.41. The molecule has 1 N–H and O–H groups in total. The number of hydrogen-bond acceptors (Lipinski definition) is 6. The van der Waals surface area contributed by atoms with Crippen molar-refractivity contribution in [3.8, 4) is 11.5 Å². The topological polar surface area (TPSA) is 84.9 Å². The summed E-state index contributed by atoms with van der Waals surface area (Å²) in [6.07, 6.45) is 1.57. The second-order valence-electron chi connectivity index (χ2n) is 6.36. The predicted molar refractivity (Wildman–Crippen MR) is 112 cm³/mol. The monoisotopic (exact) mass is 430 g/mol. The lowest BCUT2D eigenvalue weighted by Gasteiger charge is -2.13. The normalized spacial score (nSPS) is 14.9. The molecule has 0 unspecified atom stereocenters. The lowest BCUT2D eigenvalue weighted by atomic mass is 10.1. The van der Waals surface area contributed by atoms with Crippen LogP contribution < -0.4 is 14.8 Å². The number of benzene rings is 2. The van der Waals surface area contributed by atoms with E-state index in [2.05, 4.69) is 5.32 Å². The fourth-order valence-electron chi connectivity index (χ4n) is 2.83. The molecule has 0 atom stereocenters. The number of halogens is 1. The summed E-state index contributed by atoms with van der Waals surface area (Å²) in [6.45, 7) is 1.32. The van der Waals surface area contributed by atoms with Gasteiger partial charge in [-0.3, -0.25) is 19.3 Å². The lowest BCUT2D eigenvalue weighted by Crippen LogP contribution is -2.36. The van der Waals surface area contributed by atoms with E-state index in [0.717, 1.165) is 22.2 Å². The average molecular weight is 430 g/mol. The molecular weight excluding hydrogens is 411 g/mol. The van der Waals surface area contributed by atoms with Crippen molar-refractivity contribution in [3.05, 3.63) is 58.2 Å². The molecule has 3 amide bonds. The third-order valence-corrected chi connectivity index (χ3v) is 5.29. The molecule has 9 heteroatoms. The number of carbonyl (C=O) groups excluding carboxylic acids is 3. The fraction of sp³-hybridized carbons (Fsp3) is 0.190. The number of amides is 3. The van der Waals surface area contributed by atoms with E-state index in [0.29, 0.717) is 17.1 Å². The number of thioether (sulfide) groups is 1. The number of rotatable bonds is 6. The number of imide groups is 1. The molecule has 2 aromatic rings. The van der Waals surface area contributed by atoms with E-state index in [1.807, 2.05) is 6.92 Å². The summed E-state index contributed by atoms with van der Waals surface area (Å²) in [4.78, 5) is 38.1. The summed E-state index contributed by atoms with van der Waals surface area (Å²) in [5.74, 6) is -0.847. The molecule has 0 bridgehead atoms. The zero-order valence-corrected chi connectivity index (χ0v) is 17.3. The quantitative estimate of drug-likeness (QED) is 0.702. The van der Waals surface area contributed by atoms with Crippen molar-refractivity contribution in [3.63, 3.8) is 0 Å². The molecule has 1 fully saturated rings. The lowest BCUT2D eigenvalue weighted by molar-refractivity contribution is -0.127. The van der Waals surface area contributed by atoms with E-state index >= 15 is 0 Å². The van der Waals surface area contributed by atoms with E-state index < -0.39 is 29.4 Å². The summed E-state index contributed by atoms with van der Waals surface area (Å²) >= 11 is 0.733. The molecule has 0 spiro atoms. The summed E-state index contributed by atoms with van der Waals surface area (Å²) < 4.78 is 24.2. The van der Waals surface area contributed by atoms with E-state index in [9.17, 15) is 18.8 Å². The smallest absolute Gasteiger partial charge is 0.294 e. The molecule has 1 saturated heterocycles. The van der Waals surface area contributed by atoms with E-state index in [1.165, 1.54) is 32.4 Å². The van der Waals surface area contributed by atoms with Crippen molar-refractivity contribution >= 4 is 40.6 Å². The number of nitrogens with zero attached hydrogens (tertiary/aromatic N) is 1. The van der Waals surface area contributed by atoms with Crippen LogP contribution in [0, 0.1) is 12.7 Å². The van der Waals surface area contributed by atoms with Gasteiger partial charge in [0.1, 0.15) is 12.4 Å². The Balaban J connectivity index is 1.78. The van der Waals surface area contributed by atoms with Gasteiger partial charge in [-0.1, -0.05) is 12.1 Å². The van der Waals surface area contributed by atoms with Crippen molar-refractivity contribution in [1.82, 2.24) is 4.90 Å². The molecule has 2 aromatic carbocycles. The van der Waals surface area contributed by atoms with Crippen molar-refractivity contribution in [2.24, 2.45) is 0 Å². The summed E-state index contributed by atoms with van der Waals surface area (Å²) in [6, 6.07) is 9.10. The van der Waals surface area contributed by atoms with Crippen molar-refractivity contribution in [2.75, 3.05) is 26.1 Å². The Morgan fingerprint density at radius 1 is 1.17 bits per heavy atom. The van der Waals surface area contributed by atoms with E-state index in [4.69, 9.17) is 9.47 Å². The number of ether oxygens (including phenoxy) is 2. The Hall–Kier alpha value is -3.33. The largest absolute Gasteiger partial charge is 0.493 e. The maximum Gasteiger partial charge on any atom is 0.294 e. The van der Waals surface area contributed by atoms with Gasteiger partial charge >= 0.3 is 0 Å². The minimum atomic E-state index is -0.675. The number of anilines is 1. The molecule has 0 aromatic heterocycles. The van der Waals surface area contributed by atoms with Crippen LogP contribution in [0.25, 0.3) is 6.08 Å². The summed E-state index contributed by atoms with van der Waals surface area (Å²) in [5.41, 5.74) is 1.47. The second-order valence-corrected chi connectivity index (χ2v) is 7.35. The Morgan fingerprint density at radius 3 is 2.50 bits per heavy atom. The van der Waals surface area contributed by atoms with Gasteiger partial charge in [0.05, 0.1) is 24.8 Å². The molecular formula is C21H19FN2O5S. The Labute approximate surface area is 176 Å². The average Bonchev–Trinajstić information content (AvgIpc) is 2.98. The highest BCUT2D eigenvalue weighted by molar-refractivity contribution is 8.18. The number of aryl methyl sites for hydroxylation is 1. The van der Waals surface area contributed by atoms with Crippen LogP contribution in [0.2, 0.25) is 0 Å². The summed E-state index contributed by atoms with van der Waals surface area (Å²) in [7, 11) is 3.02. The maximum atomic E-state index is 13.7. The van der Waals surface area contributed by atoms with Crippen LogP contribution in [0.15, 0.2) is 41.3 Å².